The average Bonchev–Trinajstić information content (AvgIpc) is 2.47. The average molecular weight is 293 g/mol. The van der Waals surface area contributed by atoms with Crippen molar-refractivity contribution in [1.82, 2.24) is 0 Å². The molecule has 0 bridgehead atoms. The summed E-state index contributed by atoms with van der Waals surface area (Å²) >= 11 is 0. The molecule has 0 fully saturated rings. The number of rotatable bonds is 4. The molecule has 0 aliphatic heterocycles. The highest BCUT2D eigenvalue weighted by molar-refractivity contribution is 6.13. The van der Waals surface area contributed by atoms with E-state index in [1.807, 2.05) is 0 Å². The smallest absolute Gasteiger partial charge is 0.328 e. The zero-order valence-electron chi connectivity index (χ0n) is 10.6. The summed E-state index contributed by atoms with van der Waals surface area (Å²) in [6, 6.07) is 10.5. The molecule has 1 amide bonds. The van der Waals surface area contributed by atoms with Gasteiger partial charge in [0.2, 0.25) is 6.41 Å². The molecule has 0 heterocycles. The maximum atomic E-state index is 12.8. The minimum atomic E-state index is -4.56. The highest BCUT2D eigenvalue weighted by Gasteiger charge is 2.31. The molecule has 0 radical (unpaired) electrons. The molecule has 0 aliphatic carbocycles. The van der Waals surface area contributed by atoms with E-state index in [1.54, 1.807) is 18.2 Å². The van der Waals surface area contributed by atoms with E-state index in [-0.39, 0.29) is 16.8 Å². The monoisotopic (exact) mass is 293 g/mol. The van der Waals surface area contributed by atoms with Crippen LogP contribution in [-0.4, -0.2) is 12.2 Å². The summed E-state index contributed by atoms with van der Waals surface area (Å²) in [5.74, 6) is -0.592. The Balaban J connectivity index is 2.53. The normalized spacial score (nSPS) is 11.0. The van der Waals surface area contributed by atoms with Crippen molar-refractivity contribution in [3.05, 3.63) is 65.2 Å². The molecule has 0 aliphatic rings. The Morgan fingerprint density at radius 1 is 1.05 bits per heavy atom. The Morgan fingerprint density at radius 3 is 2.29 bits per heavy atom. The number of alkyl halides is 3. The third-order valence-electron chi connectivity index (χ3n) is 2.84. The highest BCUT2D eigenvalue weighted by Crippen LogP contribution is 2.32. The second-order valence-corrected chi connectivity index (χ2v) is 4.22. The summed E-state index contributed by atoms with van der Waals surface area (Å²) in [5.41, 5.74) is -0.876. The number of halogens is 3. The van der Waals surface area contributed by atoms with Gasteiger partial charge in [-0.3, -0.25) is 9.59 Å². The molecule has 0 spiro atoms. The number of ketones is 1. The predicted molar refractivity (Wildman–Crippen MR) is 71.0 cm³/mol. The molecule has 0 saturated carbocycles. The number of hydrogen-bond acceptors (Lipinski definition) is 2. The Kier molecular flexibility index (Phi) is 4.07. The molecule has 0 aromatic heterocycles. The van der Waals surface area contributed by atoms with Crippen molar-refractivity contribution in [2.45, 2.75) is 6.18 Å². The van der Waals surface area contributed by atoms with Gasteiger partial charge in [0.15, 0.2) is 5.78 Å². The zero-order chi connectivity index (χ0) is 15.5. The van der Waals surface area contributed by atoms with Crippen molar-refractivity contribution >= 4 is 17.9 Å². The van der Waals surface area contributed by atoms with Crippen molar-refractivity contribution in [3.63, 3.8) is 0 Å². The number of carbonyl (C=O) groups excluding carboxylic acids is 2. The largest absolute Gasteiger partial charge is 0.416 e. The van der Waals surface area contributed by atoms with Crippen molar-refractivity contribution in [3.8, 4) is 0 Å². The summed E-state index contributed by atoms with van der Waals surface area (Å²) in [6.45, 7) is 0. The van der Waals surface area contributed by atoms with E-state index >= 15 is 0 Å². The molecule has 0 unspecified atom stereocenters. The summed E-state index contributed by atoms with van der Waals surface area (Å²) in [5, 5.41) is 2.24. The molecule has 108 valence electrons. The quantitative estimate of drug-likeness (QED) is 0.692. The van der Waals surface area contributed by atoms with Gasteiger partial charge in [-0.1, -0.05) is 30.3 Å². The van der Waals surface area contributed by atoms with Crippen LogP contribution in [0.4, 0.5) is 18.9 Å². The Labute approximate surface area is 118 Å². The molecule has 0 saturated heterocycles. The lowest BCUT2D eigenvalue weighted by Crippen LogP contribution is -2.11. The van der Waals surface area contributed by atoms with Crippen molar-refractivity contribution in [2.24, 2.45) is 0 Å². The number of carbonyl (C=O) groups is 2. The molecule has 3 nitrogen and oxygen atoms in total. The van der Waals surface area contributed by atoms with Crippen molar-refractivity contribution < 1.29 is 22.8 Å². The van der Waals surface area contributed by atoms with Crippen LogP contribution in [0.1, 0.15) is 21.5 Å². The first-order valence-electron chi connectivity index (χ1n) is 5.94. The second-order valence-electron chi connectivity index (χ2n) is 4.22. The van der Waals surface area contributed by atoms with E-state index in [9.17, 15) is 22.8 Å². The number of nitrogens with one attached hydrogen (secondary N) is 1. The summed E-state index contributed by atoms with van der Waals surface area (Å²) in [4.78, 5) is 22.8. The Hall–Kier alpha value is -2.63. The first kappa shape index (κ1) is 14.8. The van der Waals surface area contributed by atoms with Gasteiger partial charge in [-0.05, 0) is 18.2 Å². The molecule has 6 heteroatoms. The van der Waals surface area contributed by atoms with Gasteiger partial charge < -0.3 is 5.32 Å². The second kappa shape index (κ2) is 5.78. The van der Waals surface area contributed by atoms with E-state index in [4.69, 9.17) is 0 Å². The van der Waals surface area contributed by atoms with Crippen LogP contribution in [0.15, 0.2) is 48.5 Å². The zero-order valence-corrected chi connectivity index (χ0v) is 10.6. The van der Waals surface area contributed by atoms with Crippen molar-refractivity contribution in [1.29, 1.82) is 0 Å². The SMILES string of the molecule is O=CNc1ccc(C(F)(F)F)cc1C(=O)c1ccccc1. The van der Waals surface area contributed by atoms with Gasteiger partial charge in [0.05, 0.1) is 11.3 Å². The Morgan fingerprint density at radius 2 is 1.71 bits per heavy atom. The first-order chi connectivity index (χ1) is 9.93. The fourth-order valence-corrected chi connectivity index (χ4v) is 1.84. The summed E-state index contributed by atoms with van der Waals surface area (Å²) < 4.78 is 38.3. The van der Waals surface area contributed by atoms with Crippen molar-refractivity contribution in [2.75, 3.05) is 5.32 Å². The van der Waals surface area contributed by atoms with Gasteiger partial charge in [0, 0.05) is 11.1 Å². The molecular weight excluding hydrogens is 283 g/mol. The van der Waals surface area contributed by atoms with E-state index < -0.39 is 17.5 Å². The van der Waals surface area contributed by atoms with E-state index in [2.05, 4.69) is 5.32 Å². The van der Waals surface area contributed by atoms with Crippen LogP contribution in [0.25, 0.3) is 0 Å². The fourth-order valence-electron chi connectivity index (χ4n) is 1.84. The molecule has 2 aromatic rings. The van der Waals surface area contributed by atoms with Crippen LogP contribution in [0.2, 0.25) is 0 Å². The molecule has 2 rings (SSSR count). The number of amides is 1. The van der Waals surface area contributed by atoms with E-state index in [0.29, 0.717) is 6.41 Å². The first-order valence-corrected chi connectivity index (χ1v) is 5.94. The topological polar surface area (TPSA) is 46.2 Å². The van der Waals surface area contributed by atoms with Crippen LogP contribution in [-0.2, 0) is 11.0 Å². The lowest BCUT2D eigenvalue weighted by atomic mass is 9.99. The van der Waals surface area contributed by atoms with Gasteiger partial charge in [0.1, 0.15) is 0 Å². The minimum absolute atomic E-state index is 0.0341. The van der Waals surface area contributed by atoms with Crippen LogP contribution in [0.5, 0.6) is 0 Å². The van der Waals surface area contributed by atoms with Crippen LogP contribution >= 0.6 is 0 Å². The fraction of sp³-hybridized carbons (Fsp3) is 0.0667. The third-order valence-corrected chi connectivity index (χ3v) is 2.84. The highest BCUT2D eigenvalue weighted by atomic mass is 19.4. The summed E-state index contributed by atoms with van der Waals surface area (Å²) in [6.07, 6.45) is -4.25. The van der Waals surface area contributed by atoms with Crippen LogP contribution < -0.4 is 5.32 Å². The number of anilines is 1. The lowest BCUT2D eigenvalue weighted by Gasteiger charge is -2.12. The van der Waals surface area contributed by atoms with Gasteiger partial charge in [-0.25, -0.2) is 0 Å². The predicted octanol–water partition coefficient (Wildman–Crippen LogP) is 3.50. The molecule has 0 atom stereocenters. The van der Waals surface area contributed by atoms with Crippen LogP contribution in [0.3, 0.4) is 0 Å². The lowest BCUT2D eigenvalue weighted by molar-refractivity contribution is -0.137. The standard InChI is InChI=1S/C15H10F3NO2/c16-15(17,18)11-6-7-13(19-9-20)12(8-11)14(21)10-4-2-1-3-5-10/h1-9H,(H,19,20). The maximum absolute atomic E-state index is 12.8. The molecule has 2 aromatic carbocycles. The number of hydrogen-bond donors (Lipinski definition) is 1. The number of benzene rings is 2. The molecule has 1 N–H and O–H groups in total. The van der Waals surface area contributed by atoms with Gasteiger partial charge in [-0.2, -0.15) is 13.2 Å². The van der Waals surface area contributed by atoms with Crippen LogP contribution in [0, 0.1) is 0 Å². The van der Waals surface area contributed by atoms with Gasteiger partial charge >= 0.3 is 6.18 Å². The van der Waals surface area contributed by atoms with Gasteiger partial charge in [0.25, 0.3) is 0 Å². The van der Waals surface area contributed by atoms with E-state index in [1.165, 1.54) is 12.1 Å². The minimum Gasteiger partial charge on any atom is -0.328 e. The maximum Gasteiger partial charge on any atom is 0.416 e. The van der Waals surface area contributed by atoms with E-state index in [0.717, 1.165) is 18.2 Å². The van der Waals surface area contributed by atoms with Gasteiger partial charge in [-0.15, -0.1) is 0 Å². The summed E-state index contributed by atoms with van der Waals surface area (Å²) in [7, 11) is 0. The molecular formula is C15H10F3NO2. The molecule has 21 heavy (non-hydrogen) atoms. The third kappa shape index (κ3) is 3.28. The Bertz CT molecular complexity index is 666.